The zero-order valence-electron chi connectivity index (χ0n) is 11.6. The van der Waals surface area contributed by atoms with Crippen LogP contribution in [0.15, 0.2) is 18.2 Å². The number of carbonyl (C=O) groups excluding carboxylic acids is 1. The lowest BCUT2D eigenvalue weighted by atomic mass is 10.0. The number of amides is 1. The van der Waals surface area contributed by atoms with E-state index in [0.29, 0.717) is 12.1 Å². The number of benzene rings is 1. The van der Waals surface area contributed by atoms with Crippen LogP contribution in [0.2, 0.25) is 0 Å². The van der Waals surface area contributed by atoms with Gasteiger partial charge in [-0.25, -0.2) is 0 Å². The molecule has 0 radical (unpaired) electrons. The van der Waals surface area contributed by atoms with Crippen LogP contribution in [0.3, 0.4) is 0 Å². The van der Waals surface area contributed by atoms with Gasteiger partial charge in [0.2, 0.25) is 0 Å². The number of rotatable bonds is 2. The standard InChI is InChI=1S/C16H19NO3/c1-12-13(6-4-10-18)5-2-8-15(12)16(20)17-9-3-7-14(17)11-19/h2,5,8,14,18-19H,3,7,9-11H2,1H3. The minimum atomic E-state index is -0.198. The summed E-state index contributed by atoms with van der Waals surface area (Å²) in [5, 5.41) is 18.1. The highest BCUT2D eigenvalue weighted by molar-refractivity contribution is 5.96. The maximum absolute atomic E-state index is 12.6. The molecule has 0 spiro atoms. The predicted octanol–water partition coefficient (Wildman–Crippen LogP) is 0.936. The van der Waals surface area contributed by atoms with E-state index in [1.165, 1.54) is 0 Å². The summed E-state index contributed by atoms with van der Waals surface area (Å²) in [5.41, 5.74) is 2.20. The van der Waals surface area contributed by atoms with E-state index in [2.05, 4.69) is 11.8 Å². The topological polar surface area (TPSA) is 60.8 Å². The minimum Gasteiger partial charge on any atom is -0.394 e. The van der Waals surface area contributed by atoms with E-state index in [1.807, 2.05) is 13.0 Å². The first-order valence-electron chi connectivity index (χ1n) is 6.80. The monoisotopic (exact) mass is 273 g/mol. The van der Waals surface area contributed by atoms with E-state index in [0.717, 1.165) is 24.0 Å². The van der Waals surface area contributed by atoms with Crippen molar-refractivity contribution in [2.45, 2.75) is 25.8 Å². The lowest BCUT2D eigenvalue weighted by Gasteiger charge is -2.24. The first-order valence-corrected chi connectivity index (χ1v) is 6.80. The van der Waals surface area contributed by atoms with E-state index in [9.17, 15) is 9.90 Å². The predicted molar refractivity (Wildman–Crippen MR) is 76.3 cm³/mol. The average molecular weight is 273 g/mol. The summed E-state index contributed by atoms with van der Waals surface area (Å²) < 4.78 is 0. The summed E-state index contributed by atoms with van der Waals surface area (Å²) in [5.74, 6) is 5.41. The second-order valence-corrected chi connectivity index (χ2v) is 4.92. The van der Waals surface area contributed by atoms with Crippen LogP contribution in [0.5, 0.6) is 0 Å². The van der Waals surface area contributed by atoms with Crippen LogP contribution in [0, 0.1) is 18.8 Å². The second kappa shape index (κ2) is 6.56. The first-order chi connectivity index (χ1) is 9.69. The van der Waals surface area contributed by atoms with Gasteiger partial charge in [-0.05, 0) is 37.5 Å². The molecule has 1 amide bonds. The molecule has 2 N–H and O–H groups in total. The van der Waals surface area contributed by atoms with Gasteiger partial charge in [-0.1, -0.05) is 17.9 Å². The smallest absolute Gasteiger partial charge is 0.254 e. The fraction of sp³-hybridized carbons (Fsp3) is 0.438. The van der Waals surface area contributed by atoms with E-state index < -0.39 is 0 Å². The molecular weight excluding hydrogens is 254 g/mol. The number of aliphatic hydroxyl groups excluding tert-OH is 2. The Hall–Kier alpha value is -1.83. The summed E-state index contributed by atoms with van der Waals surface area (Å²) in [6, 6.07) is 5.34. The van der Waals surface area contributed by atoms with Crippen LogP contribution in [0.1, 0.15) is 34.3 Å². The summed E-state index contributed by atoms with van der Waals surface area (Å²) in [7, 11) is 0. The molecule has 1 heterocycles. The molecule has 4 nitrogen and oxygen atoms in total. The molecule has 2 rings (SSSR count). The van der Waals surface area contributed by atoms with Crippen molar-refractivity contribution in [3.63, 3.8) is 0 Å². The van der Waals surface area contributed by atoms with Crippen molar-refractivity contribution in [3.8, 4) is 11.8 Å². The molecule has 1 aromatic rings. The lowest BCUT2D eigenvalue weighted by molar-refractivity contribution is 0.0677. The van der Waals surface area contributed by atoms with E-state index in [4.69, 9.17) is 5.11 Å². The van der Waals surface area contributed by atoms with E-state index in [-0.39, 0.29) is 25.2 Å². The molecule has 0 aromatic heterocycles. The largest absolute Gasteiger partial charge is 0.394 e. The third-order valence-electron chi connectivity index (χ3n) is 3.72. The Morgan fingerprint density at radius 2 is 2.25 bits per heavy atom. The van der Waals surface area contributed by atoms with Crippen LogP contribution in [0.4, 0.5) is 0 Å². The zero-order chi connectivity index (χ0) is 14.5. The van der Waals surface area contributed by atoms with Gasteiger partial charge in [0, 0.05) is 17.7 Å². The summed E-state index contributed by atoms with van der Waals surface area (Å²) in [6.07, 6.45) is 1.78. The molecule has 0 aliphatic carbocycles. The summed E-state index contributed by atoms with van der Waals surface area (Å²) in [6.45, 7) is 2.36. The maximum atomic E-state index is 12.6. The lowest BCUT2D eigenvalue weighted by Crippen LogP contribution is -2.38. The van der Waals surface area contributed by atoms with E-state index in [1.54, 1.807) is 17.0 Å². The van der Waals surface area contributed by atoms with Crippen molar-refractivity contribution < 1.29 is 15.0 Å². The normalized spacial score (nSPS) is 17.8. The Balaban J connectivity index is 2.30. The van der Waals surface area contributed by atoms with Crippen molar-refractivity contribution >= 4 is 5.91 Å². The van der Waals surface area contributed by atoms with Crippen molar-refractivity contribution in [1.82, 2.24) is 4.90 Å². The molecule has 0 saturated carbocycles. The molecule has 106 valence electrons. The van der Waals surface area contributed by atoms with Gasteiger partial charge in [0.05, 0.1) is 12.6 Å². The third-order valence-corrected chi connectivity index (χ3v) is 3.72. The fourth-order valence-electron chi connectivity index (χ4n) is 2.59. The average Bonchev–Trinajstić information content (AvgIpc) is 2.94. The number of hydrogen-bond donors (Lipinski definition) is 2. The molecule has 1 aliphatic heterocycles. The first kappa shape index (κ1) is 14.6. The minimum absolute atomic E-state index is 0.00873. The van der Waals surface area contributed by atoms with Gasteiger partial charge in [-0.15, -0.1) is 0 Å². The van der Waals surface area contributed by atoms with Crippen molar-refractivity contribution in [2.75, 3.05) is 19.8 Å². The number of carbonyl (C=O) groups is 1. The van der Waals surface area contributed by atoms with Crippen LogP contribution in [-0.4, -0.2) is 46.8 Å². The quantitative estimate of drug-likeness (QED) is 0.788. The van der Waals surface area contributed by atoms with Crippen LogP contribution in [0.25, 0.3) is 0 Å². The van der Waals surface area contributed by atoms with Crippen molar-refractivity contribution in [3.05, 3.63) is 34.9 Å². The fourth-order valence-corrected chi connectivity index (χ4v) is 2.59. The molecule has 20 heavy (non-hydrogen) atoms. The van der Waals surface area contributed by atoms with Gasteiger partial charge in [0.15, 0.2) is 0 Å². The molecule has 4 heteroatoms. The molecular formula is C16H19NO3. The Morgan fingerprint density at radius 1 is 1.45 bits per heavy atom. The van der Waals surface area contributed by atoms with Gasteiger partial charge in [-0.2, -0.15) is 0 Å². The number of aliphatic hydroxyl groups is 2. The van der Waals surface area contributed by atoms with Gasteiger partial charge >= 0.3 is 0 Å². The Kier molecular flexibility index (Phi) is 4.78. The van der Waals surface area contributed by atoms with Crippen molar-refractivity contribution in [1.29, 1.82) is 0 Å². The molecule has 1 unspecified atom stereocenters. The highest BCUT2D eigenvalue weighted by Gasteiger charge is 2.29. The number of likely N-dealkylation sites (tertiary alicyclic amines) is 1. The van der Waals surface area contributed by atoms with Crippen LogP contribution >= 0.6 is 0 Å². The summed E-state index contributed by atoms with van der Waals surface area (Å²) in [4.78, 5) is 14.3. The Bertz CT molecular complexity index is 557. The second-order valence-electron chi connectivity index (χ2n) is 4.92. The molecule has 0 bridgehead atoms. The molecule has 1 fully saturated rings. The van der Waals surface area contributed by atoms with E-state index >= 15 is 0 Å². The maximum Gasteiger partial charge on any atom is 0.254 e. The number of hydrogen-bond acceptors (Lipinski definition) is 3. The van der Waals surface area contributed by atoms with Crippen molar-refractivity contribution in [2.24, 2.45) is 0 Å². The molecule has 1 saturated heterocycles. The molecule has 1 aromatic carbocycles. The zero-order valence-corrected chi connectivity index (χ0v) is 11.6. The van der Waals surface area contributed by atoms with Crippen LogP contribution < -0.4 is 0 Å². The Labute approximate surface area is 119 Å². The highest BCUT2D eigenvalue weighted by atomic mass is 16.3. The molecule has 1 atom stereocenters. The van der Waals surface area contributed by atoms with Gasteiger partial charge in [0.25, 0.3) is 5.91 Å². The highest BCUT2D eigenvalue weighted by Crippen LogP contribution is 2.22. The van der Waals surface area contributed by atoms with Gasteiger partial charge < -0.3 is 15.1 Å². The van der Waals surface area contributed by atoms with Gasteiger partial charge in [0.1, 0.15) is 6.61 Å². The number of nitrogens with zero attached hydrogens (tertiary/aromatic N) is 1. The van der Waals surface area contributed by atoms with Gasteiger partial charge in [-0.3, -0.25) is 4.79 Å². The van der Waals surface area contributed by atoms with Crippen LogP contribution in [-0.2, 0) is 0 Å². The SMILES string of the molecule is Cc1c(C#CCO)cccc1C(=O)N1CCCC1CO. The third kappa shape index (κ3) is 2.84. The summed E-state index contributed by atoms with van der Waals surface area (Å²) >= 11 is 0. The molecule has 1 aliphatic rings. The Morgan fingerprint density at radius 3 is 2.95 bits per heavy atom.